The van der Waals surface area contributed by atoms with Crippen molar-refractivity contribution in [3.05, 3.63) is 45.6 Å². The number of benzene rings is 1. The number of hydrogen-bond donors (Lipinski definition) is 1. The largest absolute Gasteiger partial charge is 0.462 e. The maximum atomic E-state index is 12.7. The van der Waals surface area contributed by atoms with Crippen molar-refractivity contribution in [3.8, 4) is 0 Å². The van der Waals surface area contributed by atoms with E-state index in [0.717, 1.165) is 22.9 Å². The Morgan fingerprint density at radius 2 is 2.21 bits per heavy atom. The van der Waals surface area contributed by atoms with Crippen LogP contribution in [-0.2, 0) is 9.53 Å². The lowest BCUT2D eigenvalue weighted by molar-refractivity contribution is -0.139. The molecule has 1 atom stereocenters. The van der Waals surface area contributed by atoms with Gasteiger partial charge in [-0.15, -0.1) is 0 Å². The quantitative estimate of drug-likeness (QED) is 0.622. The molecular weight excluding hydrogens is 374 g/mol. The van der Waals surface area contributed by atoms with Gasteiger partial charge >= 0.3 is 5.97 Å². The second-order valence-electron chi connectivity index (χ2n) is 5.52. The number of aromatic nitrogens is 4. The monoisotopic (exact) mass is 391 g/mol. The number of halogens is 1. The molecule has 3 rings (SSSR count). The topological polar surface area (TPSA) is 81.9 Å². The molecule has 0 amide bonds. The van der Waals surface area contributed by atoms with Crippen LogP contribution in [0.15, 0.2) is 40.0 Å². The van der Waals surface area contributed by atoms with E-state index in [2.05, 4.69) is 43.7 Å². The number of allylic oxidation sites excluding steroid dienone is 1. The van der Waals surface area contributed by atoms with Gasteiger partial charge in [0.2, 0.25) is 5.95 Å². The van der Waals surface area contributed by atoms with E-state index < -0.39 is 6.04 Å². The minimum absolute atomic E-state index is 0.352. The Balaban J connectivity index is 2.04. The maximum absolute atomic E-state index is 12.7. The smallest absolute Gasteiger partial charge is 0.338 e. The third-order valence-electron chi connectivity index (χ3n) is 3.86. The number of anilines is 1. The van der Waals surface area contributed by atoms with Crippen LogP contribution in [0.2, 0.25) is 0 Å². The molecule has 0 bridgehead atoms. The molecule has 0 spiro atoms. The summed E-state index contributed by atoms with van der Waals surface area (Å²) < 4.78 is 7.92. The van der Waals surface area contributed by atoms with Crippen LogP contribution in [0, 0.1) is 0 Å². The number of nitrogens with zero attached hydrogens (tertiary/aromatic N) is 4. The van der Waals surface area contributed by atoms with E-state index in [1.54, 1.807) is 4.68 Å². The number of esters is 1. The second-order valence-corrected chi connectivity index (χ2v) is 6.38. The number of carbonyl (C=O) groups is 1. The molecule has 1 aromatic heterocycles. The Labute approximate surface area is 148 Å². The number of nitrogens with one attached hydrogen (secondary N) is 1. The number of rotatable bonds is 5. The Bertz CT molecular complexity index is 786. The van der Waals surface area contributed by atoms with Gasteiger partial charge < -0.3 is 10.1 Å². The van der Waals surface area contributed by atoms with Crippen LogP contribution in [0.1, 0.15) is 38.3 Å². The van der Waals surface area contributed by atoms with Gasteiger partial charge in [0, 0.05) is 10.2 Å². The Morgan fingerprint density at radius 3 is 2.96 bits per heavy atom. The fourth-order valence-corrected chi connectivity index (χ4v) is 3.15. The highest BCUT2D eigenvalue weighted by Gasteiger charge is 2.35. The molecular formula is C16H18BrN5O2. The average molecular weight is 392 g/mol. The lowest BCUT2D eigenvalue weighted by Crippen LogP contribution is -2.30. The zero-order valence-electron chi connectivity index (χ0n) is 13.5. The lowest BCUT2D eigenvalue weighted by atomic mass is 9.96. The van der Waals surface area contributed by atoms with Crippen molar-refractivity contribution >= 4 is 27.8 Å². The van der Waals surface area contributed by atoms with Crippen molar-refractivity contribution in [1.29, 1.82) is 0 Å². The summed E-state index contributed by atoms with van der Waals surface area (Å²) >= 11 is 3.56. The number of carbonyl (C=O) groups excluding carboxylic acids is 1. The van der Waals surface area contributed by atoms with Crippen molar-refractivity contribution in [2.75, 3.05) is 11.9 Å². The minimum atomic E-state index is -0.444. The molecule has 1 aliphatic rings. The molecule has 0 radical (unpaired) electrons. The molecule has 0 fully saturated rings. The summed E-state index contributed by atoms with van der Waals surface area (Å²) in [7, 11) is 0. The molecule has 0 saturated carbocycles. The summed E-state index contributed by atoms with van der Waals surface area (Å²) in [4.78, 5) is 12.7. The zero-order valence-corrected chi connectivity index (χ0v) is 15.1. The van der Waals surface area contributed by atoms with Crippen LogP contribution in [0.3, 0.4) is 0 Å². The number of fused-ring (bicyclic) bond motifs is 1. The highest BCUT2D eigenvalue weighted by Crippen LogP contribution is 2.37. The molecule has 8 heteroatoms. The van der Waals surface area contributed by atoms with Crippen molar-refractivity contribution in [1.82, 2.24) is 20.2 Å². The van der Waals surface area contributed by atoms with Crippen molar-refractivity contribution in [3.63, 3.8) is 0 Å². The minimum Gasteiger partial charge on any atom is -0.462 e. The first kappa shape index (κ1) is 16.6. The number of unbranched alkanes of at least 4 members (excludes halogenated alkanes) is 1. The molecule has 7 nitrogen and oxygen atoms in total. The summed E-state index contributed by atoms with van der Waals surface area (Å²) in [5.74, 6) is 0.147. The van der Waals surface area contributed by atoms with Crippen LogP contribution in [-0.4, -0.2) is 32.8 Å². The normalized spacial score (nSPS) is 16.5. The summed E-state index contributed by atoms with van der Waals surface area (Å²) in [6.07, 6.45) is 1.80. The zero-order chi connectivity index (χ0) is 17.1. The van der Waals surface area contributed by atoms with Crippen LogP contribution >= 0.6 is 15.9 Å². The highest BCUT2D eigenvalue weighted by molar-refractivity contribution is 9.10. The van der Waals surface area contributed by atoms with Gasteiger partial charge in [-0.2, -0.15) is 4.68 Å². The van der Waals surface area contributed by atoms with Crippen LogP contribution in [0.4, 0.5) is 5.95 Å². The van der Waals surface area contributed by atoms with E-state index in [-0.39, 0.29) is 5.97 Å². The SMILES string of the molecule is CCCCOC(=O)C1=C(C)Nc2nnnn2C1c1ccccc1Br. The number of tetrazole rings is 1. The van der Waals surface area contributed by atoms with Crippen molar-refractivity contribution < 1.29 is 9.53 Å². The fourth-order valence-electron chi connectivity index (χ4n) is 2.65. The average Bonchev–Trinajstić information content (AvgIpc) is 3.02. The van der Waals surface area contributed by atoms with Crippen LogP contribution in [0.25, 0.3) is 0 Å². The van der Waals surface area contributed by atoms with Crippen LogP contribution in [0.5, 0.6) is 0 Å². The van der Waals surface area contributed by atoms with E-state index >= 15 is 0 Å². The van der Waals surface area contributed by atoms with Gasteiger partial charge in [0.1, 0.15) is 6.04 Å². The molecule has 24 heavy (non-hydrogen) atoms. The summed E-state index contributed by atoms with van der Waals surface area (Å²) in [5.41, 5.74) is 2.10. The molecule has 1 aromatic carbocycles. The molecule has 126 valence electrons. The van der Waals surface area contributed by atoms with Crippen LogP contribution < -0.4 is 5.32 Å². The van der Waals surface area contributed by atoms with Gasteiger partial charge in [-0.05, 0) is 35.4 Å². The van der Waals surface area contributed by atoms with Gasteiger partial charge in [-0.25, -0.2) is 4.79 Å². The summed E-state index contributed by atoms with van der Waals surface area (Å²) in [5, 5.41) is 14.8. The third-order valence-corrected chi connectivity index (χ3v) is 4.59. The second kappa shape index (κ2) is 7.12. The van der Waals surface area contributed by atoms with Gasteiger partial charge in [-0.3, -0.25) is 0 Å². The summed E-state index contributed by atoms with van der Waals surface area (Å²) in [6.45, 7) is 4.29. The molecule has 0 saturated heterocycles. The predicted molar refractivity (Wildman–Crippen MR) is 92.3 cm³/mol. The molecule has 1 aliphatic heterocycles. The van der Waals surface area contributed by atoms with E-state index in [1.807, 2.05) is 31.2 Å². The van der Waals surface area contributed by atoms with Gasteiger partial charge in [0.15, 0.2) is 0 Å². The third kappa shape index (κ3) is 3.06. The van der Waals surface area contributed by atoms with E-state index in [9.17, 15) is 4.79 Å². The van der Waals surface area contributed by atoms with E-state index in [0.29, 0.717) is 23.8 Å². The maximum Gasteiger partial charge on any atom is 0.338 e. The molecule has 0 aliphatic carbocycles. The summed E-state index contributed by atoms with van der Waals surface area (Å²) in [6, 6.07) is 7.27. The van der Waals surface area contributed by atoms with E-state index in [4.69, 9.17) is 4.74 Å². The molecule has 1 N–H and O–H groups in total. The first-order valence-electron chi connectivity index (χ1n) is 7.80. The fraction of sp³-hybridized carbons (Fsp3) is 0.375. The Hall–Kier alpha value is -2.22. The molecule has 1 unspecified atom stereocenters. The standard InChI is InChI=1S/C16H18BrN5O2/c1-3-4-9-24-15(23)13-10(2)18-16-19-20-21-22(16)14(13)11-7-5-6-8-12(11)17/h5-8,14H,3-4,9H2,1-2H3,(H,18,19,21). The number of hydrogen-bond acceptors (Lipinski definition) is 6. The van der Waals surface area contributed by atoms with Gasteiger partial charge in [0.05, 0.1) is 12.2 Å². The van der Waals surface area contributed by atoms with E-state index in [1.165, 1.54) is 0 Å². The lowest BCUT2D eigenvalue weighted by Gasteiger charge is -2.28. The Morgan fingerprint density at radius 1 is 1.42 bits per heavy atom. The predicted octanol–water partition coefficient (Wildman–Crippen LogP) is 3.07. The van der Waals surface area contributed by atoms with Crippen molar-refractivity contribution in [2.45, 2.75) is 32.7 Å². The Kier molecular flexibility index (Phi) is 4.94. The number of ether oxygens (including phenoxy) is 1. The van der Waals surface area contributed by atoms with Gasteiger partial charge in [0.25, 0.3) is 0 Å². The van der Waals surface area contributed by atoms with Gasteiger partial charge in [-0.1, -0.05) is 52.6 Å². The molecule has 2 aromatic rings. The highest BCUT2D eigenvalue weighted by atomic mass is 79.9. The first-order valence-corrected chi connectivity index (χ1v) is 8.60. The first-order chi connectivity index (χ1) is 11.6. The van der Waals surface area contributed by atoms with Crippen molar-refractivity contribution in [2.24, 2.45) is 0 Å². The molecule has 2 heterocycles.